The Bertz CT molecular complexity index is 1080. The van der Waals surface area contributed by atoms with Gasteiger partial charge in [-0.25, -0.2) is 4.39 Å². The van der Waals surface area contributed by atoms with Crippen LogP contribution in [0, 0.1) is 11.7 Å². The Labute approximate surface area is 200 Å². The number of anilines is 1. The smallest absolute Gasteiger partial charge is 0.257 e. The Hall–Kier alpha value is -3.19. The molecule has 0 bridgehead atoms. The number of ether oxygens (including phenoxy) is 1. The molecule has 34 heavy (non-hydrogen) atoms. The number of carbonyl (C=O) groups is 1. The van der Waals surface area contributed by atoms with Gasteiger partial charge >= 0.3 is 0 Å². The largest absolute Gasteiger partial charge is 0.385 e. The minimum Gasteiger partial charge on any atom is -0.385 e. The van der Waals surface area contributed by atoms with E-state index in [1.165, 1.54) is 12.1 Å². The molecule has 1 saturated heterocycles. The number of piperidine rings is 1. The first-order valence-electron chi connectivity index (χ1n) is 11.9. The van der Waals surface area contributed by atoms with E-state index in [-0.39, 0.29) is 18.0 Å². The lowest BCUT2D eigenvalue weighted by molar-refractivity contribution is 0.0719. The average Bonchev–Trinajstić information content (AvgIpc) is 3.28. The van der Waals surface area contributed by atoms with Crippen LogP contribution in [0.4, 0.5) is 10.3 Å². The molecule has 1 aliphatic rings. The number of aromatic nitrogens is 1. The fourth-order valence-electron chi connectivity index (χ4n) is 4.37. The van der Waals surface area contributed by atoms with E-state index in [9.17, 15) is 9.18 Å². The van der Waals surface area contributed by atoms with Crippen molar-refractivity contribution < 1.29 is 18.4 Å². The number of benzene rings is 2. The highest BCUT2D eigenvalue weighted by molar-refractivity contribution is 5.94. The Morgan fingerprint density at radius 1 is 1.15 bits per heavy atom. The number of nitrogens with zero attached hydrogens (tertiary/aromatic N) is 3. The van der Waals surface area contributed by atoms with Crippen LogP contribution < -0.4 is 4.90 Å². The molecule has 3 aromatic rings. The first kappa shape index (κ1) is 24.0. The summed E-state index contributed by atoms with van der Waals surface area (Å²) < 4.78 is 25.6. The minimum absolute atomic E-state index is 0.0611. The highest BCUT2D eigenvalue weighted by Gasteiger charge is 2.29. The Kier molecular flexibility index (Phi) is 7.95. The topological polar surface area (TPSA) is 58.8 Å². The SMILES string of the molecule is COCCCN(Cc1c(-c2ccccc2)noc1N1CCC(C)CC1)C(=O)c1ccccc1F. The van der Waals surface area contributed by atoms with Crippen molar-refractivity contribution in [1.29, 1.82) is 0 Å². The molecule has 0 aliphatic carbocycles. The molecule has 1 aromatic heterocycles. The average molecular weight is 466 g/mol. The maximum atomic E-state index is 14.5. The van der Waals surface area contributed by atoms with Crippen molar-refractivity contribution in [3.8, 4) is 11.3 Å². The van der Waals surface area contributed by atoms with E-state index in [1.54, 1.807) is 24.1 Å². The number of amides is 1. The second kappa shape index (κ2) is 11.3. The van der Waals surface area contributed by atoms with E-state index < -0.39 is 5.82 Å². The van der Waals surface area contributed by atoms with E-state index in [4.69, 9.17) is 9.26 Å². The van der Waals surface area contributed by atoms with Gasteiger partial charge in [0.05, 0.1) is 17.7 Å². The van der Waals surface area contributed by atoms with Crippen LogP contribution in [-0.4, -0.2) is 49.3 Å². The van der Waals surface area contributed by atoms with Crippen LogP contribution in [0.5, 0.6) is 0 Å². The summed E-state index contributed by atoms with van der Waals surface area (Å²) in [5.41, 5.74) is 2.55. The molecule has 1 amide bonds. The molecule has 0 saturated carbocycles. The Morgan fingerprint density at radius 2 is 1.85 bits per heavy atom. The van der Waals surface area contributed by atoms with Gasteiger partial charge in [-0.15, -0.1) is 0 Å². The van der Waals surface area contributed by atoms with Gasteiger partial charge in [-0.2, -0.15) is 0 Å². The summed E-state index contributed by atoms with van der Waals surface area (Å²) in [5, 5.41) is 4.43. The van der Waals surface area contributed by atoms with Gasteiger partial charge in [-0.05, 0) is 37.3 Å². The van der Waals surface area contributed by atoms with Gasteiger partial charge in [0.1, 0.15) is 11.5 Å². The van der Waals surface area contributed by atoms with Crippen LogP contribution in [0.25, 0.3) is 11.3 Å². The molecule has 180 valence electrons. The maximum absolute atomic E-state index is 14.5. The Balaban J connectivity index is 1.70. The number of rotatable bonds is 9. The highest BCUT2D eigenvalue weighted by atomic mass is 19.1. The lowest BCUT2D eigenvalue weighted by Gasteiger charge is -2.31. The summed E-state index contributed by atoms with van der Waals surface area (Å²) in [5.74, 6) is 0.490. The molecule has 0 unspecified atom stereocenters. The third-order valence-electron chi connectivity index (χ3n) is 6.40. The molecule has 4 rings (SSSR count). The van der Waals surface area contributed by atoms with Crippen LogP contribution in [0.15, 0.2) is 59.1 Å². The lowest BCUT2D eigenvalue weighted by atomic mass is 9.98. The molecule has 0 spiro atoms. The predicted octanol–water partition coefficient (Wildman–Crippen LogP) is 5.40. The van der Waals surface area contributed by atoms with Crippen molar-refractivity contribution in [2.45, 2.75) is 32.7 Å². The van der Waals surface area contributed by atoms with Gasteiger partial charge < -0.3 is 19.1 Å². The van der Waals surface area contributed by atoms with Crippen molar-refractivity contribution in [2.24, 2.45) is 5.92 Å². The second-order valence-electron chi connectivity index (χ2n) is 8.90. The summed E-state index contributed by atoms with van der Waals surface area (Å²) in [4.78, 5) is 17.3. The quantitative estimate of drug-likeness (QED) is 0.396. The van der Waals surface area contributed by atoms with Crippen LogP contribution >= 0.6 is 0 Å². The summed E-state index contributed by atoms with van der Waals surface area (Å²) in [6.45, 7) is 5.22. The van der Waals surface area contributed by atoms with Crippen molar-refractivity contribution in [3.05, 3.63) is 71.5 Å². The van der Waals surface area contributed by atoms with Crippen molar-refractivity contribution in [3.63, 3.8) is 0 Å². The molecule has 2 aromatic carbocycles. The van der Waals surface area contributed by atoms with Crippen molar-refractivity contribution in [2.75, 3.05) is 38.3 Å². The van der Waals surface area contributed by atoms with E-state index in [0.29, 0.717) is 37.1 Å². The number of hydrogen-bond donors (Lipinski definition) is 0. The molecule has 0 atom stereocenters. The zero-order chi connectivity index (χ0) is 23.9. The van der Waals surface area contributed by atoms with Gasteiger partial charge in [0, 0.05) is 38.9 Å². The monoisotopic (exact) mass is 465 g/mol. The standard InChI is InChI=1S/C27H32FN3O3/c1-20-13-16-30(17-14-20)27-23(25(29-34-27)21-9-4-3-5-10-21)19-31(15-8-18-33-2)26(32)22-11-6-7-12-24(22)28/h3-7,9-12,20H,8,13-19H2,1-2H3. The van der Waals surface area contributed by atoms with Crippen molar-refractivity contribution in [1.82, 2.24) is 10.1 Å². The fourth-order valence-corrected chi connectivity index (χ4v) is 4.37. The zero-order valence-electron chi connectivity index (χ0n) is 19.9. The third kappa shape index (κ3) is 5.47. The highest BCUT2D eigenvalue weighted by Crippen LogP contribution is 2.35. The molecule has 6 nitrogen and oxygen atoms in total. The number of carbonyl (C=O) groups excluding carboxylic acids is 1. The Morgan fingerprint density at radius 3 is 2.56 bits per heavy atom. The normalized spacial score (nSPS) is 14.4. The lowest BCUT2D eigenvalue weighted by Crippen LogP contribution is -2.35. The second-order valence-corrected chi connectivity index (χ2v) is 8.90. The van der Waals surface area contributed by atoms with Gasteiger partial charge in [-0.3, -0.25) is 4.79 Å². The first-order chi connectivity index (χ1) is 16.6. The van der Waals surface area contributed by atoms with Crippen LogP contribution in [0.3, 0.4) is 0 Å². The molecule has 1 aliphatic heterocycles. The summed E-state index contributed by atoms with van der Waals surface area (Å²) in [6, 6.07) is 15.9. The molecular weight excluding hydrogens is 433 g/mol. The summed E-state index contributed by atoms with van der Waals surface area (Å²) >= 11 is 0. The summed E-state index contributed by atoms with van der Waals surface area (Å²) in [7, 11) is 1.63. The molecule has 1 fully saturated rings. The zero-order valence-corrected chi connectivity index (χ0v) is 19.9. The van der Waals surface area contributed by atoms with E-state index in [1.807, 2.05) is 30.3 Å². The number of methoxy groups -OCH3 is 1. The number of hydrogen-bond acceptors (Lipinski definition) is 5. The summed E-state index contributed by atoms with van der Waals surface area (Å²) in [6.07, 6.45) is 2.79. The van der Waals surface area contributed by atoms with Crippen molar-refractivity contribution >= 4 is 11.8 Å². The maximum Gasteiger partial charge on any atom is 0.257 e. The van der Waals surface area contributed by atoms with Gasteiger partial charge in [0.15, 0.2) is 0 Å². The first-order valence-corrected chi connectivity index (χ1v) is 11.9. The third-order valence-corrected chi connectivity index (χ3v) is 6.40. The van der Waals surface area contributed by atoms with Crippen LogP contribution in [0.1, 0.15) is 42.1 Å². The molecule has 2 heterocycles. The number of halogens is 1. The predicted molar refractivity (Wildman–Crippen MR) is 130 cm³/mol. The van der Waals surface area contributed by atoms with E-state index >= 15 is 0 Å². The molecule has 0 radical (unpaired) electrons. The molecule has 0 N–H and O–H groups in total. The van der Waals surface area contributed by atoms with E-state index in [2.05, 4.69) is 17.0 Å². The van der Waals surface area contributed by atoms with Gasteiger partial charge in [-0.1, -0.05) is 54.5 Å². The molecular formula is C27H32FN3O3. The minimum atomic E-state index is -0.525. The van der Waals surface area contributed by atoms with Gasteiger partial charge in [0.25, 0.3) is 5.91 Å². The molecule has 7 heteroatoms. The fraction of sp³-hybridized carbons (Fsp3) is 0.407. The van der Waals surface area contributed by atoms with Gasteiger partial charge in [0.2, 0.25) is 5.88 Å². The van der Waals surface area contributed by atoms with E-state index in [0.717, 1.165) is 37.1 Å². The van der Waals surface area contributed by atoms with Crippen LogP contribution in [0.2, 0.25) is 0 Å². The van der Waals surface area contributed by atoms with Crippen LogP contribution in [-0.2, 0) is 11.3 Å².